The second-order valence-corrected chi connectivity index (χ2v) is 6.59. The third-order valence-electron chi connectivity index (χ3n) is 4.79. The zero-order valence-corrected chi connectivity index (χ0v) is 15.3. The van der Waals surface area contributed by atoms with Gasteiger partial charge in [-0.3, -0.25) is 19.5 Å². The molecular weight excluding hydrogens is 394 g/mol. The van der Waals surface area contributed by atoms with Crippen molar-refractivity contribution in [1.29, 1.82) is 0 Å². The molecule has 150 valence electrons. The van der Waals surface area contributed by atoms with Crippen LogP contribution in [0.15, 0.2) is 72.6 Å². The van der Waals surface area contributed by atoms with E-state index in [4.69, 9.17) is 0 Å². The Morgan fingerprint density at radius 2 is 1.60 bits per heavy atom. The van der Waals surface area contributed by atoms with Gasteiger partial charge in [0.1, 0.15) is 11.5 Å². The van der Waals surface area contributed by atoms with E-state index in [9.17, 15) is 28.6 Å². The standard InChI is InChI=1S/C22H14F2N2O4/c23-16-6-3-14(11-17(16)24)26-19(12-1-4-15(27)5-2-12)18(21(29)22(26)30)20(28)13-7-9-25-10-8-13/h1-11,19,27-28H/b20-18+. The topological polar surface area (TPSA) is 90.7 Å². The number of carbonyl (C=O) groups is 2. The number of phenols is 1. The minimum absolute atomic E-state index is 0.0438. The van der Waals surface area contributed by atoms with Gasteiger partial charge in [0.25, 0.3) is 11.7 Å². The molecule has 1 amide bonds. The summed E-state index contributed by atoms with van der Waals surface area (Å²) >= 11 is 0. The van der Waals surface area contributed by atoms with Crippen LogP contribution >= 0.6 is 0 Å². The third-order valence-corrected chi connectivity index (χ3v) is 4.79. The first-order valence-electron chi connectivity index (χ1n) is 8.84. The molecule has 1 aliphatic heterocycles. The van der Waals surface area contributed by atoms with Crippen LogP contribution in [0.1, 0.15) is 17.2 Å². The number of phenolic OH excluding ortho intramolecular Hbond substituents is 1. The largest absolute Gasteiger partial charge is 0.508 e. The Labute approximate surface area is 169 Å². The Bertz CT molecular complexity index is 1180. The Balaban J connectivity index is 1.95. The van der Waals surface area contributed by atoms with Gasteiger partial charge in [0.2, 0.25) is 0 Å². The first-order chi connectivity index (χ1) is 14.4. The Kier molecular flexibility index (Phi) is 4.75. The molecule has 8 heteroatoms. The van der Waals surface area contributed by atoms with E-state index in [1.54, 1.807) is 0 Å². The zero-order chi connectivity index (χ0) is 21.4. The van der Waals surface area contributed by atoms with Crippen LogP contribution in [0.25, 0.3) is 5.76 Å². The second kappa shape index (κ2) is 7.40. The fourth-order valence-electron chi connectivity index (χ4n) is 3.37. The van der Waals surface area contributed by atoms with Crippen molar-refractivity contribution < 1.29 is 28.6 Å². The molecule has 0 saturated carbocycles. The molecule has 30 heavy (non-hydrogen) atoms. The Hall–Kier alpha value is -4.07. The van der Waals surface area contributed by atoms with Gasteiger partial charge in [-0.05, 0) is 42.0 Å². The molecule has 1 saturated heterocycles. The molecule has 0 aliphatic carbocycles. The highest BCUT2D eigenvalue weighted by atomic mass is 19.2. The van der Waals surface area contributed by atoms with Crippen LogP contribution in [-0.2, 0) is 9.59 Å². The lowest BCUT2D eigenvalue weighted by Gasteiger charge is -2.25. The number of carbonyl (C=O) groups excluding carboxylic acids is 2. The molecule has 6 nitrogen and oxygen atoms in total. The maximum absolute atomic E-state index is 13.9. The number of hydrogen-bond acceptors (Lipinski definition) is 5. The van der Waals surface area contributed by atoms with Crippen LogP contribution in [-0.4, -0.2) is 26.9 Å². The summed E-state index contributed by atoms with van der Waals surface area (Å²) in [6.07, 6.45) is 2.83. The van der Waals surface area contributed by atoms with E-state index in [0.29, 0.717) is 5.56 Å². The predicted molar refractivity (Wildman–Crippen MR) is 103 cm³/mol. The molecule has 0 radical (unpaired) electrons. The summed E-state index contributed by atoms with van der Waals surface area (Å²) in [5.74, 6) is -4.75. The molecule has 4 rings (SSSR count). The maximum atomic E-state index is 13.9. The van der Waals surface area contributed by atoms with Gasteiger partial charge in [-0.15, -0.1) is 0 Å². The summed E-state index contributed by atoms with van der Waals surface area (Å²) in [6, 6.07) is 10.3. The van der Waals surface area contributed by atoms with Crippen LogP contribution in [0, 0.1) is 11.6 Å². The molecule has 1 fully saturated rings. The van der Waals surface area contributed by atoms with E-state index in [2.05, 4.69) is 4.98 Å². The van der Waals surface area contributed by atoms with E-state index in [1.165, 1.54) is 54.9 Å². The summed E-state index contributed by atoms with van der Waals surface area (Å²) in [6.45, 7) is 0. The maximum Gasteiger partial charge on any atom is 0.300 e. The number of rotatable bonds is 3. The molecule has 0 spiro atoms. The smallest absolute Gasteiger partial charge is 0.300 e. The number of aliphatic hydroxyl groups is 1. The fraction of sp³-hybridized carbons (Fsp3) is 0.0455. The number of anilines is 1. The minimum Gasteiger partial charge on any atom is -0.508 e. The molecule has 2 heterocycles. The van der Waals surface area contributed by atoms with Crippen molar-refractivity contribution in [3.8, 4) is 5.75 Å². The highest BCUT2D eigenvalue weighted by molar-refractivity contribution is 6.51. The van der Waals surface area contributed by atoms with Crippen LogP contribution in [0.3, 0.4) is 0 Å². The normalized spacial score (nSPS) is 18.1. The number of halogens is 2. The predicted octanol–water partition coefficient (Wildman–Crippen LogP) is 3.69. The molecular formula is C22H14F2N2O4. The van der Waals surface area contributed by atoms with E-state index in [-0.39, 0.29) is 22.6 Å². The quantitative estimate of drug-likeness (QED) is 0.392. The lowest BCUT2D eigenvalue weighted by atomic mass is 9.95. The number of amides is 1. The molecule has 1 unspecified atom stereocenters. The highest BCUT2D eigenvalue weighted by Gasteiger charge is 2.47. The van der Waals surface area contributed by atoms with Crippen molar-refractivity contribution in [3.63, 3.8) is 0 Å². The lowest BCUT2D eigenvalue weighted by molar-refractivity contribution is -0.132. The average molecular weight is 408 g/mol. The van der Waals surface area contributed by atoms with Crippen LogP contribution in [0.5, 0.6) is 5.75 Å². The first kappa shape index (κ1) is 19.3. The van der Waals surface area contributed by atoms with Crippen LogP contribution in [0.4, 0.5) is 14.5 Å². The Morgan fingerprint density at radius 3 is 2.23 bits per heavy atom. The van der Waals surface area contributed by atoms with E-state index in [1.807, 2.05) is 0 Å². The van der Waals surface area contributed by atoms with Gasteiger partial charge in [-0.2, -0.15) is 0 Å². The van der Waals surface area contributed by atoms with Crippen molar-refractivity contribution in [3.05, 3.63) is 95.3 Å². The van der Waals surface area contributed by atoms with Gasteiger partial charge in [0, 0.05) is 29.7 Å². The van der Waals surface area contributed by atoms with Gasteiger partial charge in [-0.25, -0.2) is 8.78 Å². The summed E-state index contributed by atoms with van der Waals surface area (Å²) in [4.78, 5) is 30.6. The number of hydrogen-bond donors (Lipinski definition) is 2. The number of aliphatic hydroxyl groups excluding tert-OH is 1. The van der Waals surface area contributed by atoms with Gasteiger partial charge in [-0.1, -0.05) is 12.1 Å². The number of ketones is 1. The van der Waals surface area contributed by atoms with Gasteiger partial charge in [0.15, 0.2) is 11.6 Å². The van der Waals surface area contributed by atoms with Crippen molar-refractivity contribution in [1.82, 2.24) is 4.98 Å². The summed E-state index contributed by atoms with van der Waals surface area (Å²) in [5, 5.41) is 20.4. The summed E-state index contributed by atoms with van der Waals surface area (Å²) < 4.78 is 27.3. The van der Waals surface area contributed by atoms with Crippen LogP contribution < -0.4 is 4.90 Å². The second-order valence-electron chi connectivity index (χ2n) is 6.59. The third kappa shape index (κ3) is 3.18. The van der Waals surface area contributed by atoms with Crippen LogP contribution in [0.2, 0.25) is 0 Å². The van der Waals surface area contributed by atoms with Gasteiger partial charge < -0.3 is 10.2 Å². The number of pyridine rings is 1. The monoisotopic (exact) mass is 408 g/mol. The van der Waals surface area contributed by atoms with E-state index < -0.39 is 35.1 Å². The minimum atomic E-state index is -1.19. The molecule has 3 aromatic rings. The summed E-state index contributed by atoms with van der Waals surface area (Å²) in [7, 11) is 0. The number of nitrogens with zero attached hydrogens (tertiary/aromatic N) is 2. The number of aromatic nitrogens is 1. The fourth-order valence-corrected chi connectivity index (χ4v) is 3.37. The number of benzene rings is 2. The van der Waals surface area contributed by atoms with E-state index in [0.717, 1.165) is 17.0 Å². The van der Waals surface area contributed by atoms with Crippen molar-refractivity contribution >= 4 is 23.1 Å². The SMILES string of the molecule is O=C1C(=O)N(c2ccc(F)c(F)c2)C(c2ccc(O)cc2)/C1=C(\O)c1ccncc1. The highest BCUT2D eigenvalue weighted by Crippen LogP contribution is 2.42. The average Bonchev–Trinajstić information content (AvgIpc) is 3.01. The number of aromatic hydroxyl groups is 1. The molecule has 1 aromatic heterocycles. The first-order valence-corrected chi connectivity index (χ1v) is 8.84. The van der Waals surface area contributed by atoms with Crippen molar-refractivity contribution in [2.45, 2.75) is 6.04 Å². The summed E-state index contributed by atoms with van der Waals surface area (Å²) in [5.41, 5.74) is 0.369. The number of Topliss-reactive ketones (excluding diaryl/α,β-unsaturated/α-hetero) is 1. The Morgan fingerprint density at radius 1 is 0.933 bits per heavy atom. The van der Waals surface area contributed by atoms with Gasteiger partial charge >= 0.3 is 0 Å². The molecule has 2 aromatic carbocycles. The molecule has 1 aliphatic rings. The molecule has 2 N–H and O–H groups in total. The van der Waals surface area contributed by atoms with Crippen molar-refractivity contribution in [2.75, 3.05) is 4.90 Å². The van der Waals surface area contributed by atoms with Gasteiger partial charge in [0.05, 0.1) is 11.6 Å². The van der Waals surface area contributed by atoms with E-state index >= 15 is 0 Å². The molecule has 0 bridgehead atoms. The zero-order valence-electron chi connectivity index (χ0n) is 15.3. The molecule has 1 atom stereocenters. The van der Waals surface area contributed by atoms with Crippen molar-refractivity contribution in [2.24, 2.45) is 0 Å². The lowest BCUT2D eigenvalue weighted by Crippen LogP contribution is -2.29.